The van der Waals surface area contributed by atoms with E-state index in [1.807, 2.05) is 0 Å². The van der Waals surface area contributed by atoms with Crippen molar-refractivity contribution < 1.29 is 33.4 Å². The van der Waals surface area contributed by atoms with Gasteiger partial charge >= 0.3 is 18.0 Å². The van der Waals surface area contributed by atoms with Gasteiger partial charge in [-0.25, -0.2) is 19.3 Å². The van der Waals surface area contributed by atoms with E-state index in [2.05, 4.69) is 0 Å². The van der Waals surface area contributed by atoms with Crippen molar-refractivity contribution in [1.82, 2.24) is 9.80 Å². The number of likely N-dealkylation sites (N-methyl/N-ethyl adjacent to an activating group) is 1. The minimum absolute atomic E-state index is 0.0570. The lowest BCUT2D eigenvalue weighted by Gasteiger charge is -2.37. The molecular formula is C15H20N2O7S. The molecule has 2 heterocycles. The zero-order chi connectivity index (χ0) is 18.7. The third kappa shape index (κ3) is 3.64. The summed E-state index contributed by atoms with van der Waals surface area (Å²) in [5.41, 5.74) is 0.0570. The van der Waals surface area contributed by atoms with Gasteiger partial charge in [0.2, 0.25) is 5.91 Å². The normalized spacial score (nSPS) is 23.6. The molecule has 2 rings (SSSR count). The van der Waals surface area contributed by atoms with E-state index in [-0.39, 0.29) is 29.4 Å². The van der Waals surface area contributed by atoms with Crippen molar-refractivity contribution in [3.63, 3.8) is 0 Å². The summed E-state index contributed by atoms with van der Waals surface area (Å²) in [6.45, 7) is 0.310. The number of amides is 2. The fourth-order valence-electron chi connectivity index (χ4n) is 2.88. The molecule has 0 bridgehead atoms. The molecule has 2 aliphatic heterocycles. The number of cyclic esters (lactones) is 1. The summed E-state index contributed by atoms with van der Waals surface area (Å²) in [5, 5.41) is 0. The first-order valence-corrected chi connectivity index (χ1v) is 8.50. The molecule has 0 aromatic carbocycles. The van der Waals surface area contributed by atoms with Crippen molar-refractivity contribution in [2.45, 2.75) is 6.04 Å². The second-order valence-electron chi connectivity index (χ2n) is 5.66. The van der Waals surface area contributed by atoms with Gasteiger partial charge in [0.15, 0.2) is 0 Å². The molecule has 0 spiro atoms. The third-order valence-corrected chi connectivity index (χ3v) is 5.21. The quantitative estimate of drug-likeness (QED) is 0.493. The molecule has 2 aliphatic rings. The van der Waals surface area contributed by atoms with Crippen molar-refractivity contribution in [2.75, 3.05) is 47.2 Å². The molecule has 0 radical (unpaired) electrons. The Morgan fingerprint density at radius 2 is 1.84 bits per heavy atom. The van der Waals surface area contributed by atoms with Crippen LogP contribution in [0.1, 0.15) is 0 Å². The summed E-state index contributed by atoms with van der Waals surface area (Å²) < 4.78 is 14.4. The fraction of sp³-hybridized carbons (Fsp3) is 0.600. The lowest BCUT2D eigenvalue weighted by molar-refractivity contribution is -0.140. The standard InChI is InChI=1S/C15H20N2O7S/c1-16(2)10-8(12(18)17-5-6-24-15(17)21)7-25-11(14(20)23-4)9(10)13(19)22-3/h8,10H,5-7H2,1-4H3/t8-,10-/m1/s1. The number of carbonyl (C=O) groups excluding carboxylic acids is 4. The van der Waals surface area contributed by atoms with Gasteiger partial charge in [-0.15, -0.1) is 11.8 Å². The highest BCUT2D eigenvalue weighted by Crippen LogP contribution is 2.38. The zero-order valence-corrected chi connectivity index (χ0v) is 15.3. The molecule has 1 fully saturated rings. The maximum atomic E-state index is 12.8. The second kappa shape index (κ2) is 7.87. The Labute approximate surface area is 149 Å². The number of rotatable bonds is 4. The molecular weight excluding hydrogens is 352 g/mol. The molecule has 1 saturated heterocycles. The highest BCUT2D eigenvalue weighted by molar-refractivity contribution is 8.04. The van der Waals surface area contributed by atoms with E-state index >= 15 is 0 Å². The number of esters is 2. The molecule has 9 nitrogen and oxygen atoms in total. The number of hydrogen-bond acceptors (Lipinski definition) is 9. The zero-order valence-electron chi connectivity index (χ0n) is 14.4. The molecule has 2 amide bonds. The SMILES string of the molecule is COC(=O)C1=C(C(=O)OC)[C@H](N(C)C)[C@H](C(=O)N2CCOC2=O)CS1. The van der Waals surface area contributed by atoms with Crippen LogP contribution in [0.15, 0.2) is 10.5 Å². The largest absolute Gasteiger partial charge is 0.466 e. The van der Waals surface area contributed by atoms with E-state index < -0.39 is 35.9 Å². The number of hydrogen-bond donors (Lipinski definition) is 0. The molecule has 0 aromatic heterocycles. The summed E-state index contributed by atoms with van der Waals surface area (Å²) in [6, 6.07) is -0.733. The van der Waals surface area contributed by atoms with Crippen molar-refractivity contribution in [2.24, 2.45) is 5.92 Å². The lowest BCUT2D eigenvalue weighted by Crippen LogP contribution is -2.51. The first-order chi connectivity index (χ1) is 11.8. The van der Waals surface area contributed by atoms with Gasteiger partial charge in [0.1, 0.15) is 11.5 Å². The minimum Gasteiger partial charge on any atom is -0.466 e. The Kier molecular flexibility index (Phi) is 6.07. The topological polar surface area (TPSA) is 102 Å². The fourth-order valence-corrected chi connectivity index (χ4v) is 4.11. The van der Waals surface area contributed by atoms with Crippen LogP contribution < -0.4 is 0 Å². The predicted octanol–water partition coefficient (Wildman–Crippen LogP) is -0.141. The van der Waals surface area contributed by atoms with Crippen LogP contribution in [0.2, 0.25) is 0 Å². The maximum absolute atomic E-state index is 12.8. The van der Waals surface area contributed by atoms with Gasteiger partial charge in [0.25, 0.3) is 0 Å². The Morgan fingerprint density at radius 1 is 1.20 bits per heavy atom. The molecule has 0 unspecified atom stereocenters. The van der Waals surface area contributed by atoms with Crippen LogP contribution in [-0.2, 0) is 28.6 Å². The molecule has 0 aliphatic carbocycles. The summed E-state index contributed by atoms with van der Waals surface area (Å²) in [6.07, 6.45) is -0.699. The highest BCUT2D eigenvalue weighted by atomic mass is 32.2. The Balaban J connectivity index is 2.46. The number of nitrogens with zero attached hydrogens (tertiary/aromatic N) is 2. The van der Waals surface area contributed by atoms with E-state index in [1.54, 1.807) is 19.0 Å². The summed E-state index contributed by atoms with van der Waals surface area (Å²) >= 11 is 1.04. The van der Waals surface area contributed by atoms with Crippen molar-refractivity contribution in [3.8, 4) is 0 Å². The molecule has 0 N–H and O–H groups in total. The highest BCUT2D eigenvalue weighted by Gasteiger charge is 2.46. The number of imide groups is 1. The minimum atomic E-state index is -0.733. The van der Waals surface area contributed by atoms with Crippen molar-refractivity contribution >= 4 is 35.7 Å². The van der Waals surface area contributed by atoms with Crippen LogP contribution >= 0.6 is 11.8 Å². The van der Waals surface area contributed by atoms with Gasteiger partial charge in [-0.05, 0) is 14.1 Å². The van der Waals surface area contributed by atoms with Crippen LogP contribution in [0, 0.1) is 5.92 Å². The molecule has 10 heteroatoms. The average molecular weight is 372 g/mol. The van der Waals surface area contributed by atoms with Crippen LogP contribution in [0.3, 0.4) is 0 Å². The van der Waals surface area contributed by atoms with Crippen LogP contribution in [-0.4, -0.2) is 87.0 Å². The van der Waals surface area contributed by atoms with Gasteiger partial charge in [-0.3, -0.25) is 4.79 Å². The molecule has 0 aromatic rings. The van der Waals surface area contributed by atoms with E-state index in [1.165, 1.54) is 14.2 Å². The number of ether oxygens (including phenoxy) is 3. The molecule has 0 saturated carbocycles. The van der Waals surface area contributed by atoms with Crippen molar-refractivity contribution in [1.29, 1.82) is 0 Å². The van der Waals surface area contributed by atoms with Gasteiger partial charge < -0.3 is 19.1 Å². The Hall–Kier alpha value is -2.07. The van der Waals surface area contributed by atoms with E-state index in [0.717, 1.165) is 16.7 Å². The summed E-state index contributed by atoms with van der Waals surface area (Å²) in [4.78, 5) is 51.7. The van der Waals surface area contributed by atoms with Crippen LogP contribution in [0.4, 0.5) is 4.79 Å². The number of methoxy groups -OCH3 is 2. The van der Waals surface area contributed by atoms with Crippen LogP contribution in [0.5, 0.6) is 0 Å². The average Bonchev–Trinajstić information content (AvgIpc) is 3.04. The van der Waals surface area contributed by atoms with Gasteiger partial charge in [-0.1, -0.05) is 0 Å². The van der Waals surface area contributed by atoms with Gasteiger partial charge in [-0.2, -0.15) is 0 Å². The predicted molar refractivity (Wildman–Crippen MR) is 87.5 cm³/mol. The number of carbonyl (C=O) groups is 4. The summed E-state index contributed by atoms with van der Waals surface area (Å²) in [7, 11) is 5.78. The smallest absolute Gasteiger partial charge is 0.416 e. The first kappa shape index (κ1) is 19.3. The molecule has 2 atom stereocenters. The van der Waals surface area contributed by atoms with Crippen LogP contribution in [0.25, 0.3) is 0 Å². The van der Waals surface area contributed by atoms with Crippen molar-refractivity contribution in [3.05, 3.63) is 10.5 Å². The lowest BCUT2D eigenvalue weighted by atomic mass is 9.90. The van der Waals surface area contributed by atoms with E-state index in [9.17, 15) is 19.2 Å². The first-order valence-electron chi connectivity index (χ1n) is 7.51. The third-order valence-electron chi connectivity index (χ3n) is 4.01. The maximum Gasteiger partial charge on any atom is 0.416 e. The summed E-state index contributed by atoms with van der Waals surface area (Å²) in [5.74, 6) is -2.32. The van der Waals surface area contributed by atoms with Gasteiger partial charge in [0, 0.05) is 5.75 Å². The second-order valence-corrected chi connectivity index (χ2v) is 6.69. The Morgan fingerprint density at radius 3 is 2.32 bits per heavy atom. The Bertz CT molecular complexity index is 631. The van der Waals surface area contributed by atoms with E-state index in [0.29, 0.717) is 0 Å². The van der Waals surface area contributed by atoms with Gasteiger partial charge in [0.05, 0.1) is 38.3 Å². The monoisotopic (exact) mass is 372 g/mol. The molecule has 138 valence electrons. The molecule has 25 heavy (non-hydrogen) atoms. The van der Waals surface area contributed by atoms with E-state index in [4.69, 9.17) is 14.2 Å². The number of thioether (sulfide) groups is 1.